The molecule has 1 aliphatic rings. The summed E-state index contributed by atoms with van der Waals surface area (Å²) < 4.78 is 0. The van der Waals surface area contributed by atoms with Gasteiger partial charge in [-0.05, 0) is 28.3 Å². The number of hydrogen-bond donors (Lipinski definition) is 1. The number of hydrogen-bond acceptors (Lipinski definition) is 1. The van der Waals surface area contributed by atoms with Gasteiger partial charge in [-0.1, -0.05) is 86.2 Å². The minimum absolute atomic E-state index is 0.355. The summed E-state index contributed by atoms with van der Waals surface area (Å²) in [6.45, 7) is 4.88. The van der Waals surface area contributed by atoms with E-state index in [1.807, 2.05) is 6.07 Å². The lowest BCUT2D eigenvalue weighted by Crippen LogP contribution is -2.28. The summed E-state index contributed by atoms with van der Waals surface area (Å²) in [6, 6.07) is 22.4. The largest absolute Gasteiger partial charge is 0.388 e. The molecule has 1 N–H and O–H groups in total. The average molecular weight is 308 g/mol. The minimum atomic E-state index is -1.58. The molecule has 0 fully saturated rings. The monoisotopic (exact) mass is 308 g/mol. The first-order valence-electron chi connectivity index (χ1n) is 8.13. The Bertz CT molecular complexity index is 659. The summed E-state index contributed by atoms with van der Waals surface area (Å²) >= 11 is 0. The summed E-state index contributed by atoms with van der Waals surface area (Å²) in [5, 5.41) is 12.3. The van der Waals surface area contributed by atoms with Crippen molar-refractivity contribution in [1.29, 1.82) is 0 Å². The van der Waals surface area contributed by atoms with Gasteiger partial charge >= 0.3 is 0 Å². The molecule has 0 spiro atoms. The van der Waals surface area contributed by atoms with Crippen molar-refractivity contribution >= 4 is 18.8 Å². The van der Waals surface area contributed by atoms with Crippen molar-refractivity contribution in [3.8, 4) is 0 Å². The molecule has 1 unspecified atom stereocenters. The van der Waals surface area contributed by atoms with Gasteiger partial charge in [0.1, 0.15) is 0 Å². The van der Waals surface area contributed by atoms with Gasteiger partial charge in [-0.15, -0.1) is 0 Å². The molecule has 1 heterocycles. The second-order valence-corrected chi connectivity index (χ2v) is 11.6. The minimum Gasteiger partial charge on any atom is -0.388 e. The van der Waals surface area contributed by atoms with Gasteiger partial charge in [0.05, 0.1) is 14.2 Å². The molecule has 1 nitrogen and oxygen atoms in total. The van der Waals surface area contributed by atoms with Gasteiger partial charge in [0.25, 0.3) is 0 Å². The maximum absolute atomic E-state index is 10.8. The number of rotatable bonds is 2. The molecule has 3 rings (SSSR count). The molecule has 0 saturated carbocycles. The fourth-order valence-corrected chi connectivity index (χ4v) is 6.97. The smallest absolute Gasteiger partial charge is 0.0819 e. The van der Waals surface area contributed by atoms with Crippen LogP contribution in [0.15, 0.2) is 60.7 Å². The third-order valence-electron chi connectivity index (χ3n) is 4.71. The van der Waals surface area contributed by atoms with E-state index in [1.165, 1.54) is 27.9 Å². The van der Waals surface area contributed by atoms with E-state index in [2.05, 4.69) is 67.7 Å². The first-order valence-corrected chi connectivity index (χ1v) is 11.3. The quantitative estimate of drug-likeness (QED) is 0.774. The molecule has 114 valence electrons. The fourth-order valence-electron chi connectivity index (χ4n) is 3.64. The van der Waals surface area contributed by atoms with Gasteiger partial charge in [-0.2, -0.15) is 0 Å². The van der Waals surface area contributed by atoms with Gasteiger partial charge in [-0.3, -0.25) is 0 Å². The van der Waals surface area contributed by atoms with Crippen LogP contribution in [0, 0.1) is 0 Å². The predicted molar refractivity (Wildman–Crippen MR) is 97.2 cm³/mol. The topological polar surface area (TPSA) is 20.2 Å². The third kappa shape index (κ3) is 2.94. The second kappa shape index (κ2) is 6.23. The van der Waals surface area contributed by atoms with Crippen LogP contribution in [0.4, 0.5) is 0 Å². The lowest BCUT2D eigenvalue weighted by atomic mass is 9.95. The Morgan fingerprint density at radius 3 is 2.00 bits per heavy atom. The van der Waals surface area contributed by atoms with Crippen LogP contribution in [-0.2, 0) is 0 Å². The Balaban J connectivity index is 2.29. The van der Waals surface area contributed by atoms with Crippen LogP contribution < -0.4 is 0 Å². The van der Waals surface area contributed by atoms with Crippen molar-refractivity contribution in [2.75, 3.05) is 0 Å². The summed E-state index contributed by atoms with van der Waals surface area (Å²) in [4.78, 5) is 0. The van der Waals surface area contributed by atoms with Gasteiger partial charge in [0.15, 0.2) is 0 Å². The standard InChI is InChI=1S/C20H24OSi/c1-22(2)15-9-14-18(21)19(16-10-5-3-6-11-16)20(22)17-12-7-4-8-13-17/h3-8,10-13,18,21H,9,14-15H2,1-2H3. The van der Waals surface area contributed by atoms with Crippen LogP contribution in [-0.4, -0.2) is 19.3 Å². The molecule has 0 radical (unpaired) electrons. The highest BCUT2D eigenvalue weighted by Crippen LogP contribution is 2.42. The highest BCUT2D eigenvalue weighted by atomic mass is 28.3. The summed E-state index contributed by atoms with van der Waals surface area (Å²) in [5.74, 6) is 0. The zero-order valence-electron chi connectivity index (χ0n) is 13.4. The van der Waals surface area contributed by atoms with E-state index >= 15 is 0 Å². The molecule has 22 heavy (non-hydrogen) atoms. The molecular weight excluding hydrogens is 284 g/mol. The lowest BCUT2D eigenvalue weighted by molar-refractivity contribution is 0.222. The highest BCUT2D eigenvalue weighted by Gasteiger charge is 2.34. The van der Waals surface area contributed by atoms with Crippen molar-refractivity contribution in [1.82, 2.24) is 0 Å². The molecule has 2 heteroatoms. The van der Waals surface area contributed by atoms with Crippen LogP contribution in [0.25, 0.3) is 10.8 Å². The molecule has 0 aliphatic carbocycles. The summed E-state index contributed by atoms with van der Waals surface area (Å²) in [7, 11) is -1.58. The normalized spacial score (nSPS) is 21.5. The predicted octanol–water partition coefficient (Wildman–Crippen LogP) is 5.00. The fraction of sp³-hybridized carbons (Fsp3) is 0.300. The molecule has 1 atom stereocenters. The molecule has 0 bridgehead atoms. The van der Waals surface area contributed by atoms with Gasteiger partial charge in [0, 0.05) is 0 Å². The Morgan fingerprint density at radius 1 is 0.864 bits per heavy atom. The van der Waals surface area contributed by atoms with Crippen LogP contribution in [0.2, 0.25) is 19.1 Å². The maximum atomic E-state index is 10.8. The second-order valence-electron chi connectivity index (χ2n) is 6.81. The highest BCUT2D eigenvalue weighted by molar-refractivity contribution is 6.96. The van der Waals surface area contributed by atoms with Crippen molar-refractivity contribution in [3.05, 3.63) is 71.8 Å². The first-order chi connectivity index (χ1) is 10.6. The SMILES string of the molecule is C[Si]1(C)CCCC(O)C(c2ccccc2)=C1c1ccccc1. The van der Waals surface area contributed by atoms with Crippen LogP contribution in [0.1, 0.15) is 24.0 Å². The van der Waals surface area contributed by atoms with Crippen LogP contribution in [0.3, 0.4) is 0 Å². The Kier molecular flexibility index (Phi) is 4.32. The summed E-state index contributed by atoms with van der Waals surface area (Å²) in [5.41, 5.74) is 3.64. The number of aliphatic hydroxyl groups excluding tert-OH is 1. The molecule has 0 saturated heterocycles. The zero-order chi connectivity index (χ0) is 15.6. The zero-order valence-corrected chi connectivity index (χ0v) is 14.4. The van der Waals surface area contributed by atoms with E-state index in [4.69, 9.17) is 0 Å². The van der Waals surface area contributed by atoms with Gasteiger partial charge in [0.2, 0.25) is 0 Å². The first kappa shape index (κ1) is 15.3. The van der Waals surface area contributed by atoms with Crippen LogP contribution >= 0.6 is 0 Å². The Labute approximate surface area is 134 Å². The molecular formula is C20H24OSi. The maximum Gasteiger partial charge on any atom is 0.0819 e. The lowest BCUT2D eigenvalue weighted by Gasteiger charge is -2.28. The van der Waals surface area contributed by atoms with Gasteiger partial charge < -0.3 is 5.11 Å². The molecule has 0 aromatic heterocycles. The van der Waals surface area contributed by atoms with Crippen molar-refractivity contribution < 1.29 is 5.11 Å². The van der Waals surface area contributed by atoms with E-state index in [9.17, 15) is 5.11 Å². The molecule has 2 aromatic carbocycles. The summed E-state index contributed by atoms with van der Waals surface area (Å²) in [6.07, 6.45) is 1.64. The van der Waals surface area contributed by atoms with E-state index in [1.54, 1.807) is 0 Å². The average Bonchev–Trinajstić information content (AvgIpc) is 2.64. The third-order valence-corrected chi connectivity index (χ3v) is 8.22. The van der Waals surface area contributed by atoms with E-state index < -0.39 is 8.07 Å². The van der Waals surface area contributed by atoms with E-state index in [-0.39, 0.29) is 6.10 Å². The van der Waals surface area contributed by atoms with Gasteiger partial charge in [-0.25, -0.2) is 0 Å². The van der Waals surface area contributed by atoms with E-state index in [0.717, 1.165) is 12.8 Å². The molecule has 1 aliphatic heterocycles. The van der Waals surface area contributed by atoms with Crippen molar-refractivity contribution in [2.24, 2.45) is 0 Å². The number of benzene rings is 2. The Morgan fingerprint density at radius 2 is 1.41 bits per heavy atom. The molecule has 0 amide bonds. The Hall–Kier alpha value is -1.64. The van der Waals surface area contributed by atoms with E-state index in [0.29, 0.717) is 0 Å². The van der Waals surface area contributed by atoms with Crippen molar-refractivity contribution in [2.45, 2.75) is 38.1 Å². The molecule has 2 aromatic rings. The number of aliphatic hydroxyl groups is 1. The van der Waals surface area contributed by atoms with Crippen molar-refractivity contribution in [3.63, 3.8) is 0 Å². The van der Waals surface area contributed by atoms with Crippen LogP contribution in [0.5, 0.6) is 0 Å².